The average molecular weight is 666 g/mol. The number of aryl methyl sites for hydroxylation is 3. The predicted molar refractivity (Wildman–Crippen MR) is 187 cm³/mol. The van der Waals surface area contributed by atoms with Crippen molar-refractivity contribution in [1.82, 2.24) is 29.3 Å². The number of carbonyl (C=O) groups excluding carboxylic acids is 1. The van der Waals surface area contributed by atoms with E-state index in [9.17, 15) is 13.2 Å². The summed E-state index contributed by atoms with van der Waals surface area (Å²) in [6.07, 6.45) is 6.17. The molecule has 5 aromatic rings. The van der Waals surface area contributed by atoms with Crippen LogP contribution in [0.15, 0.2) is 78.2 Å². The van der Waals surface area contributed by atoms with Crippen LogP contribution in [0.5, 0.6) is 0 Å². The molecule has 0 bridgehead atoms. The van der Waals surface area contributed by atoms with Crippen LogP contribution in [0.1, 0.15) is 73.4 Å². The molecule has 0 spiro atoms. The molecule has 2 atom stereocenters. The Morgan fingerprint density at radius 2 is 1.79 bits per heavy atom. The van der Waals surface area contributed by atoms with Crippen molar-refractivity contribution in [2.45, 2.75) is 78.3 Å². The van der Waals surface area contributed by atoms with Crippen LogP contribution in [0.2, 0.25) is 0 Å². The fourth-order valence-electron chi connectivity index (χ4n) is 6.98. The van der Waals surface area contributed by atoms with Gasteiger partial charge in [-0.1, -0.05) is 74.9 Å². The Hall–Kier alpha value is -4.48. The van der Waals surface area contributed by atoms with Gasteiger partial charge in [-0.15, -0.1) is 5.10 Å². The van der Waals surface area contributed by atoms with Crippen molar-refractivity contribution in [3.05, 3.63) is 107 Å². The number of carbonyl (C=O) groups is 1. The van der Waals surface area contributed by atoms with Crippen LogP contribution >= 0.6 is 0 Å². The molecule has 1 amide bonds. The molecule has 6 rings (SSSR count). The zero-order valence-electron chi connectivity index (χ0n) is 28.4. The van der Waals surface area contributed by atoms with Crippen LogP contribution in [-0.2, 0) is 34.3 Å². The first-order chi connectivity index (χ1) is 22.9. The lowest BCUT2D eigenvalue weighted by molar-refractivity contribution is -0.124. The molecule has 48 heavy (non-hydrogen) atoms. The summed E-state index contributed by atoms with van der Waals surface area (Å²) >= 11 is 0. The molecule has 1 unspecified atom stereocenters. The van der Waals surface area contributed by atoms with E-state index < -0.39 is 21.4 Å². The first kappa shape index (κ1) is 33.4. The third kappa shape index (κ3) is 6.12. The first-order valence-electron chi connectivity index (χ1n) is 16.5. The average Bonchev–Trinajstić information content (AvgIpc) is 3.46. The third-order valence-electron chi connectivity index (χ3n) is 9.91. The van der Waals surface area contributed by atoms with E-state index in [4.69, 9.17) is 0 Å². The lowest BCUT2D eigenvalue weighted by Crippen LogP contribution is -2.37. The number of hydrogen-bond acceptors (Lipinski definition) is 7. The SMILES string of the molecule is CC[C@H]1Cc2ccccc2S(=O)(=O)N(Cc2cc(C(c3ccc4c(nnn4CC)c3C)C(C)(C)C(=O)Nc3cncnc3)ccc2C)C1. The van der Waals surface area contributed by atoms with Crippen molar-refractivity contribution < 1.29 is 13.2 Å². The number of nitrogens with one attached hydrogen (secondary N) is 1. The lowest BCUT2D eigenvalue weighted by atomic mass is 9.69. The minimum atomic E-state index is -3.73. The van der Waals surface area contributed by atoms with E-state index in [0.717, 1.165) is 57.3 Å². The zero-order chi connectivity index (χ0) is 34.2. The molecule has 2 aromatic heterocycles. The van der Waals surface area contributed by atoms with Crippen molar-refractivity contribution in [3.8, 4) is 0 Å². The van der Waals surface area contributed by atoms with E-state index in [1.54, 1.807) is 28.8 Å². The lowest BCUT2D eigenvalue weighted by Gasteiger charge is -2.35. The van der Waals surface area contributed by atoms with E-state index in [-0.39, 0.29) is 18.4 Å². The predicted octanol–water partition coefficient (Wildman–Crippen LogP) is 6.43. The Morgan fingerprint density at radius 1 is 1.04 bits per heavy atom. The van der Waals surface area contributed by atoms with Gasteiger partial charge in [0, 0.05) is 25.6 Å². The number of sulfonamides is 1. The summed E-state index contributed by atoms with van der Waals surface area (Å²) in [7, 11) is -3.73. The topological polar surface area (TPSA) is 123 Å². The van der Waals surface area contributed by atoms with Gasteiger partial charge in [0.05, 0.1) is 33.9 Å². The highest BCUT2D eigenvalue weighted by molar-refractivity contribution is 7.89. The maximum absolute atomic E-state index is 14.1. The van der Waals surface area contributed by atoms with Crippen molar-refractivity contribution in [3.63, 3.8) is 0 Å². The van der Waals surface area contributed by atoms with Gasteiger partial charge in [0.15, 0.2) is 0 Å². The second-order valence-corrected chi connectivity index (χ2v) is 15.3. The minimum Gasteiger partial charge on any atom is -0.323 e. The van der Waals surface area contributed by atoms with Crippen molar-refractivity contribution in [2.24, 2.45) is 11.3 Å². The van der Waals surface area contributed by atoms with Gasteiger partial charge in [-0.2, -0.15) is 4.31 Å². The van der Waals surface area contributed by atoms with Gasteiger partial charge < -0.3 is 5.32 Å². The molecule has 3 aromatic carbocycles. The van der Waals surface area contributed by atoms with Gasteiger partial charge in [0.2, 0.25) is 15.9 Å². The fourth-order valence-corrected chi connectivity index (χ4v) is 8.71. The molecule has 10 nitrogen and oxygen atoms in total. The summed E-state index contributed by atoms with van der Waals surface area (Å²) in [4.78, 5) is 22.7. The molecular formula is C37H43N7O3S. The Morgan fingerprint density at radius 3 is 2.52 bits per heavy atom. The molecule has 3 heterocycles. The van der Waals surface area contributed by atoms with E-state index >= 15 is 0 Å². The number of amides is 1. The van der Waals surface area contributed by atoms with E-state index in [0.29, 0.717) is 23.7 Å². The Balaban J connectivity index is 1.46. The van der Waals surface area contributed by atoms with Gasteiger partial charge >= 0.3 is 0 Å². The molecule has 1 N–H and O–H groups in total. The smallest absolute Gasteiger partial charge is 0.243 e. The Bertz CT molecular complexity index is 2080. The van der Waals surface area contributed by atoms with Crippen LogP contribution in [0.4, 0.5) is 5.69 Å². The summed E-state index contributed by atoms with van der Waals surface area (Å²) in [5, 5.41) is 11.9. The highest BCUT2D eigenvalue weighted by atomic mass is 32.2. The van der Waals surface area contributed by atoms with E-state index in [1.165, 1.54) is 6.33 Å². The second-order valence-electron chi connectivity index (χ2n) is 13.4. The molecule has 0 radical (unpaired) electrons. The number of benzene rings is 3. The van der Waals surface area contributed by atoms with Crippen molar-refractivity contribution in [2.75, 3.05) is 11.9 Å². The van der Waals surface area contributed by atoms with Gasteiger partial charge in [-0.25, -0.2) is 23.1 Å². The Kier molecular flexibility index (Phi) is 9.19. The van der Waals surface area contributed by atoms with Gasteiger partial charge in [-0.05, 0) is 78.6 Å². The highest BCUT2D eigenvalue weighted by Crippen LogP contribution is 2.45. The van der Waals surface area contributed by atoms with Crippen LogP contribution in [0.25, 0.3) is 11.0 Å². The number of nitrogens with zero attached hydrogens (tertiary/aromatic N) is 6. The second kappa shape index (κ2) is 13.2. The van der Waals surface area contributed by atoms with E-state index in [2.05, 4.69) is 50.7 Å². The molecule has 1 aliphatic rings. The number of hydrogen-bond donors (Lipinski definition) is 1. The maximum Gasteiger partial charge on any atom is 0.243 e. The number of anilines is 1. The molecular weight excluding hydrogens is 623 g/mol. The zero-order valence-corrected chi connectivity index (χ0v) is 29.3. The summed E-state index contributed by atoms with van der Waals surface area (Å²) in [5.74, 6) is -0.406. The van der Waals surface area contributed by atoms with Crippen LogP contribution in [0, 0.1) is 25.2 Å². The molecule has 0 aliphatic carbocycles. The van der Waals surface area contributed by atoms with Crippen LogP contribution in [0.3, 0.4) is 0 Å². The summed E-state index contributed by atoms with van der Waals surface area (Å²) < 4.78 is 31.7. The third-order valence-corrected chi connectivity index (χ3v) is 11.8. The van der Waals surface area contributed by atoms with Crippen LogP contribution < -0.4 is 5.32 Å². The standard InChI is InChI=1S/C37H43N7O3S/c1-7-26-17-27-11-9-10-12-33(27)48(46,47)43(21-26)22-29-18-28(14-13-24(29)3)34(37(5,6)36(45)40-30-19-38-23-39-20-30)31-15-16-32-35(25(31)4)41-42-44(32)8-2/h9-16,18-20,23,26,34H,7-8,17,21-22H2,1-6H3,(H,40,45)/t26-,34?/m0/s1. The van der Waals surface area contributed by atoms with Crippen molar-refractivity contribution in [1.29, 1.82) is 0 Å². The van der Waals surface area contributed by atoms with Gasteiger partial charge in [0.25, 0.3) is 0 Å². The van der Waals surface area contributed by atoms with Crippen LogP contribution in [-0.4, -0.2) is 50.1 Å². The largest absolute Gasteiger partial charge is 0.323 e. The maximum atomic E-state index is 14.1. The number of rotatable bonds is 9. The molecule has 0 fully saturated rings. The molecule has 0 saturated carbocycles. The highest BCUT2D eigenvalue weighted by Gasteiger charge is 2.41. The number of aromatic nitrogens is 5. The van der Waals surface area contributed by atoms with Gasteiger partial charge in [0.1, 0.15) is 11.8 Å². The monoisotopic (exact) mass is 665 g/mol. The first-order valence-corrected chi connectivity index (χ1v) is 18.0. The molecule has 0 saturated heterocycles. The summed E-state index contributed by atoms with van der Waals surface area (Å²) in [5.41, 5.74) is 6.83. The number of fused-ring (bicyclic) bond motifs is 2. The van der Waals surface area contributed by atoms with Gasteiger partial charge in [-0.3, -0.25) is 4.79 Å². The normalized spacial score (nSPS) is 17.1. The quantitative estimate of drug-likeness (QED) is 0.193. The molecule has 250 valence electrons. The summed E-state index contributed by atoms with van der Waals surface area (Å²) in [6.45, 7) is 13.4. The summed E-state index contributed by atoms with van der Waals surface area (Å²) in [6, 6.07) is 17.6. The van der Waals surface area contributed by atoms with Crippen molar-refractivity contribution >= 4 is 32.7 Å². The fraction of sp³-hybridized carbons (Fsp3) is 0.378. The molecule has 1 aliphatic heterocycles. The minimum absolute atomic E-state index is 0.196. The Labute approximate surface area is 282 Å². The molecule has 11 heteroatoms. The van der Waals surface area contributed by atoms with E-state index in [1.807, 2.05) is 63.6 Å².